The molecule has 0 aliphatic carbocycles. The van der Waals surface area contributed by atoms with Gasteiger partial charge in [-0.25, -0.2) is 0 Å². The molecule has 0 aromatic heterocycles. The first-order valence-corrected chi connectivity index (χ1v) is 7.53. The number of halogens is 3. The maximum atomic E-state index is 12.8. The summed E-state index contributed by atoms with van der Waals surface area (Å²) in [5.74, 6) is 0.766. The number of hydrogen-bond donors (Lipinski definition) is 1. The number of anilines is 1. The van der Waals surface area contributed by atoms with Gasteiger partial charge in [-0.1, -0.05) is 18.2 Å². The second-order valence-electron chi connectivity index (χ2n) is 5.71. The third kappa shape index (κ3) is 4.64. The molecule has 0 fully saturated rings. The predicted molar refractivity (Wildman–Crippen MR) is 89.4 cm³/mol. The molecule has 0 saturated heterocycles. The summed E-state index contributed by atoms with van der Waals surface area (Å²) in [5.41, 5.74) is 0.851. The highest BCUT2D eigenvalue weighted by Gasteiger charge is 2.30. The van der Waals surface area contributed by atoms with Crippen molar-refractivity contribution < 1.29 is 17.9 Å². The van der Waals surface area contributed by atoms with Crippen molar-refractivity contribution in [1.82, 2.24) is 4.90 Å². The first-order chi connectivity index (χ1) is 11.3. The van der Waals surface area contributed by atoms with E-state index in [0.717, 1.165) is 23.4 Å². The summed E-state index contributed by atoms with van der Waals surface area (Å²) >= 11 is 0. The SMILES string of the molecule is COc1ccc(C(CNc2cccc(C(F)(F)F)c2)N(C)C)cc1. The van der Waals surface area contributed by atoms with Gasteiger partial charge in [0.15, 0.2) is 0 Å². The van der Waals surface area contributed by atoms with Crippen molar-refractivity contribution in [2.24, 2.45) is 0 Å². The number of nitrogens with one attached hydrogen (secondary N) is 1. The van der Waals surface area contributed by atoms with Gasteiger partial charge in [-0.3, -0.25) is 0 Å². The zero-order valence-corrected chi connectivity index (χ0v) is 13.9. The summed E-state index contributed by atoms with van der Waals surface area (Å²) in [5, 5.41) is 3.09. The molecule has 24 heavy (non-hydrogen) atoms. The molecule has 2 rings (SSSR count). The molecule has 0 saturated carbocycles. The van der Waals surface area contributed by atoms with Crippen LogP contribution in [0.15, 0.2) is 48.5 Å². The first kappa shape index (κ1) is 18.1. The smallest absolute Gasteiger partial charge is 0.416 e. The minimum absolute atomic E-state index is 0.0189. The number of nitrogens with zero attached hydrogens (tertiary/aromatic N) is 1. The Labute approximate surface area is 140 Å². The Kier molecular flexibility index (Phi) is 5.72. The Morgan fingerprint density at radius 3 is 2.29 bits per heavy atom. The van der Waals surface area contributed by atoms with Gasteiger partial charge in [0.2, 0.25) is 0 Å². The molecular formula is C18H21F3N2O. The van der Waals surface area contributed by atoms with Gasteiger partial charge in [-0.05, 0) is 50.0 Å². The van der Waals surface area contributed by atoms with E-state index >= 15 is 0 Å². The lowest BCUT2D eigenvalue weighted by Gasteiger charge is -2.26. The van der Waals surface area contributed by atoms with Crippen molar-refractivity contribution in [3.05, 3.63) is 59.7 Å². The largest absolute Gasteiger partial charge is 0.497 e. The van der Waals surface area contributed by atoms with Crippen LogP contribution in [0.3, 0.4) is 0 Å². The number of methoxy groups -OCH3 is 1. The Bertz CT molecular complexity index is 654. The van der Waals surface area contributed by atoms with Gasteiger partial charge in [0.1, 0.15) is 5.75 Å². The molecule has 130 valence electrons. The molecule has 0 spiro atoms. The number of likely N-dealkylation sites (N-methyl/N-ethyl adjacent to an activating group) is 1. The van der Waals surface area contributed by atoms with Crippen LogP contribution < -0.4 is 10.1 Å². The quantitative estimate of drug-likeness (QED) is 0.843. The summed E-state index contributed by atoms with van der Waals surface area (Å²) < 4.78 is 43.5. The molecular weight excluding hydrogens is 317 g/mol. The van der Waals surface area contributed by atoms with E-state index in [1.54, 1.807) is 13.2 Å². The van der Waals surface area contributed by atoms with Crippen molar-refractivity contribution in [2.75, 3.05) is 33.1 Å². The maximum absolute atomic E-state index is 12.8. The van der Waals surface area contributed by atoms with Crippen LogP contribution in [0.5, 0.6) is 5.75 Å². The van der Waals surface area contributed by atoms with Crippen LogP contribution in [-0.2, 0) is 6.18 Å². The Balaban J connectivity index is 2.11. The third-order valence-corrected chi connectivity index (χ3v) is 3.81. The van der Waals surface area contributed by atoms with Crippen LogP contribution in [-0.4, -0.2) is 32.6 Å². The Morgan fingerprint density at radius 1 is 1.08 bits per heavy atom. The van der Waals surface area contributed by atoms with E-state index in [9.17, 15) is 13.2 Å². The van der Waals surface area contributed by atoms with Gasteiger partial charge >= 0.3 is 6.18 Å². The second-order valence-corrected chi connectivity index (χ2v) is 5.71. The molecule has 0 aliphatic rings. The summed E-state index contributed by atoms with van der Waals surface area (Å²) in [6, 6.07) is 12.9. The van der Waals surface area contributed by atoms with Crippen molar-refractivity contribution in [3.8, 4) is 5.75 Å². The van der Waals surface area contributed by atoms with Gasteiger partial charge < -0.3 is 15.0 Å². The van der Waals surface area contributed by atoms with E-state index in [1.807, 2.05) is 43.3 Å². The molecule has 3 nitrogen and oxygen atoms in total. The van der Waals surface area contributed by atoms with E-state index < -0.39 is 11.7 Å². The average molecular weight is 338 g/mol. The van der Waals surface area contributed by atoms with Gasteiger partial charge in [0.05, 0.1) is 18.7 Å². The van der Waals surface area contributed by atoms with Crippen molar-refractivity contribution >= 4 is 5.69 Å². The monoisotopic (exact) mass is 338 g/mol. The molecule has 0 bridgehead atoms. The second kappa shape index (κ2) is 7.57. The number of rotatable bonds is 6. The standard InChI is InChI=1S/C18H21F3N2O/c1-23(2)17(13-7-9-16(24-3)10-8-13)12-22-15-6-4-5-14(11-15)18(19,20)21/h4-11,17,22H,12H2,1-3H3. The minimum atomic E-state index is -4.34. The number of benzene rings is 2. The van der Waals surface area contributed by atoms with Crippen LogP contribution in [0.25, 0.3) is 0 Å². The topological polar surface area (TPSA) is 24.5 Å². The molecule has 0 radical (unpaired) electrons. The van der Waals surface area contributed by atoms with Crippen molar-refractivity contribution in [1.29, 1.82) is 0 Å². The molecule has 1 atom stereocenters. The number of ether oxygens (including phenoxy) is 1. The highest BCUT2D eigenvalue weighted by Crippen LogP contribution is 2.31. The fourth-order valence-corrected chi connectivity index (χ4v) is 2.44. The van der Waals surface area contributed by atoms with Crippen molar-refractivity contribution in [2.45, 2.75) is 12.2 Å². The lowest BCUT2D eigenvalue weighted by Crippen LogP contribution is -2.26. The van der Waals surface area contributed by atoms with Crippen LogP contribution in [0.4, 0.5) is 18.9 Å². The Hall–Kier alpha value is -2.21. The van der Waals surface area contributed by atoms with Gasteiger partial charge in [0.25, 0.3) is 0 Å². The molecule has 1 unspecified atom stereocenters. The van der Waals surface area contributed by atoms with Gasteiger partial charge in [0, 0.05) is 12.2 Å². The van der Waals surface area contributed by atoms with Gasteiger partial charge in [-0.2, -0.15) is 13.2 Å². The average Bonchev–Trinajstić information content (AvgIpc) is 2.55. The molecule has 6 heteroatoms. The van der Waals surface area contributed by atoms with E-state index in [1.165, 1.54) is 6.07 Å². The third-order valence-electron chi connectivity index (χ3n) is 3.81. The molecule has 2 aromatic rings. The van der Waals surface area contributed by atoms with E-state index in [4.69, 9.17) is 4.74 Å². The summed E-state index contributed by atoms with van der Waals surface area (Å²) in [6.45, 7) is 0.487. The number of hydrogen-bond acceptors (Lipinski definition) is 3. The molecule has 2 aromatic carbocycles. The zero-order chi connectivity index (χ0) is 17.7. The fraction of sp³-hybridized carbons (Fsp3) is 0.333. The first-order valence-electron chi connectivity index (χ1n) is 7.53. The summed E-state index contributed by atoms with van der Waals surface area (Å²) in [4.78, 5) is 2.02. The van der Waals surface area contributed by atoms with Crippen LogP contribution >= 0.6 is 0 Å². The van der Waals surface area contributed by atoms with Crippen molar-refractivity contribution in [3.63, 3.8) is 0 Å². The summed E-state index contributed by atoms with van der Waals surface area (Å²) in [7, 11) is 5.47. The molecule has 0 aliphatic heterocycles. The lowest BCUT2D eigenvalue weighted by atomic mass is 10.1. The number of alkyl halides is 3. The van der Waals surface area contributed by atoms with Crippen LogP contribution in [0.1, 0.15) is 17.2 Å². The van der Waals surface area contributed by atoms with E-state index in [2.05, 4.69) is 5.32 Å². The maximum Gasteiger partial charge on any atom is 0.416 e. The van der Waals surface area contributed by atoms with Gasteiger partial charge in [-0.15, -0.1) is 0 Å². The van der Waals surface area contributed by atoms with Crippen LogP contribution in [0, 0.1) is 0 Å². The highest BCUT2D eigenvalue weighted by molar-refractivity contribution is 5.47. The molecule has 1 N–H and O–H groups in total. The van der Waals surface area contributed by atoms with Crippen LogP contribution in [0.2, 0.25) is 0 Å². The molecule has 0 amide bonds. The van der Waals surface area contributed by atoms with E-state index in [-0.39, 0.29) is 6.04 Å². The fourth-order valence-electron chi connectivity index (χ4n) is 2.44. The Morgan fingerprint density at radius 2 is 1.75 bits per heavy atom. The lowest BCUT2D eigenvalue weighted by molar-refractivity contribution is -0.137. The zero-order valence-electron chi connectivity index (χ0n) is 13.9. The minimum Gasteiger partial charge on any atom is -0.497 e. The van der Waals surface area contributed by atoms with E-state index in [0.29, 0.717) is 12.2 Å². The predicted octanol–water partition coefficient (Wildman–Crippen LogP) is 4.43. The normalized spacial score (nSPS) is 13.0. The summed E-state index contributed by atoms with van der Waals surface area (Å²) in [6.07, 6.45) is -4.34. The molecule has 0 heterocycles. The highest BCUT2D eigenvalue weighted by atomic mass is 19.4.